The van der Waals surface area contributed by atoms with Crippen molar-refractivity contribution < 1.29 is 9.47 Å². The summed E-state index contributed by atoms with van der Waals surface area (Å²) in [6.45, 7) is 2.90. The lowest BCUT2D eigenvalue weighted by Crippen LogP contribution is -2.49. The molecule has 1 fully saturated rings. The molecule has 0 aliphatic carbocycles. The van der Waals surface area contributed by atoms with Gasteiger partial charge in [0.25, 0.3) is 0 Å². The second-order valence-electron chi connectivity index (χ2n) is 4.66. The van der Waals surface area contributed by atoms with E-state index in [9.17, 15) is 5.26 Å². The molecule has 1 unspecified atom stereocenters. The van der Waals surface area contributed by atoms with Crippen LogP contribution in [0.4, 0.5) is 0 Å². The van der Waals surface area contributed by atoms with Crippen LogP contribution in [0.2, 0.25) is 0 Å². The molecule has 96 valence electrons. The smallest absolute Gasteiger partial charge is 0.123 e. The van der Waals surface area contributed by atoms with E-state index in [0.29, 0.717) is 13.2 Å². The second-order valence-corrected chi connectivity index (χ2v) is 4.66. The Labute approximate surface area is 107 Å². The minimum absolute atomic E-state index is 0.313. The number of nitrogens with zero attached hydrogens (tertiary/aromatic N) is 1. The third kappa shape index (κ3) is 1.96. The van der Waals surface area contributed by atoms with Gasteiger partial charge in [-0.05, 0) is 23.6 Å². The van der Waals surface area contributed by atoms with E-state index in [-0.39, 0.29) is 6.04 Å². The highest BCUT2D eigenvalue weighted by Gasteiger charge is 2.45. The van der Waals surface area contributed by atoms with Crippen LogP contribution in [-0.2, 0) is 11.2 Å². The summed E-state index contributed by atoms with van der Waals surface area (Å²) in [7, 11) is 1.66. The SMILES string of the molecule is CCc1cc(C(N)C2(C#N)COC2)ccc1OC. The summed E-state index contributed by atoms with van der Waals surface area (Å²) >= 11 is 0. The number of rotatable bonds is 4. The van der Waals surface area contributed by atoms with Gasteiger partial charge in [0, 0.05) is 0 Å². The number of nitrogens with two attached hydrogens (primary N) is 1. The fourth-order valence-corrected chi connectivity index (χ4v) is 2.22. The van der Waals surface area contributed by atoms with Gasteiger partial charge in [-0.15, -0.1) is 0 Å². The molecule has 4 heteroatoms. The van der Waals surface area contributed by atoms with E-state index in [4.69, 9.17) is 15.2 Å². The van der Waals surface area contributed by atoms with Crippen LogP contribution in [0.25, 0.3) is 0 Å². The van der Waals surface area contributed by atoms with E-state index >= 15 is 0 Å². The highest BCUT2D eigenvalue weighted by Crippen LogP contribution is 2.39. The summed E-state index contributed by atoms with van der Waals surface area (Å²) in [4.78, 5) is 0. The van der Waals surface area contributed by atoms with Gasteiger partial charge >= 0.3 is 0 Å². The molecule has 2 N–H and O–H groups in total. The van der Waals surface area contributed by atoms with Crippen LogP contribution in [0.15, 0.2) is 18.2 Å². The molecule has 0 radical (unpaired) electrons. The van der Waals surface area contributed by atoms with Crippen LogP contribution in [-0.4, -0.2) is 20.3 Å². The van der Waals surface area contributed by atoms with Gasteiger partial charge in [0.1, 0.15) is 11.2 Å². The highest BCUT2D eigenvalue weighted by atomic mass is 16.5. The quantitative estimate of drug-likeness (QED) is 0.879. The van der Waals surface area contributed by atoms with Gasteiger partial charge in [-0.2, -0.15) is 5.26 Å². The lowest BCUT2D eigenvalue weighted by molar-refractivity contribution is -0.0910. The van der Waals surface area contributed by atoms with Crippen LogP contribution < -0.4 is 10.5 Å². The number of hydrogen-bond donors (Lipinski definition) is 1. The molecule has 1 aliphatic heterocycles. The maximum absolute atomic E-state index is 9.26. The Kier molecular flexibility index (Phi) is 3.55. The van der Waals surface area contributed by atoms with Crippen LogP contribution >= 0.6 is 0 Å². The molecule has 18 heavy (non-hydrogen) atoms. The molecule has 1 heterocycles. The number of ether oxygens (including phenoxy) is 2. The first kappa shape index (κ1) is 12.9. The Balaban J connectivity index is 2.31. The number of methoxy groups -OCH3 is 1. The van der Waals surface area contributed by atoms with Crippen LogP contribution in [0.1, 0.15) is 24.1 Å². The Bertz CT molecular complexity index is 475. The number of hydrogen-bond acceptors (Lipinski definition) is 4. The summed E-state index contributed by atoms with van der Waals surface area (Å²) < 4.78 is 10.4. The Morgan fingerprint density at radius 2 is 2.28 bits per heavy atom. The first-order valence-corrected chi connectivity index (χ1v) is 6.08. The molecular formula is C14H18N2O2. The summed E-state index contributed by atoms with van der Waals surface area (Å²) in [5.74, 6) is 0.865. The van der Waals surface area contributed by atoms with Gasteiger partial charge in [-0.25, -0.2) is 0 Å². The molecule has 0 bridgehead atoms. The largest absolute Gasteiger partial charge is 0.496 e. The van der Waals surface area contributed by atoms with Crippen molar-refractivity contribution in [3.05, 3.63) is 29.3 Å². The summed E-state index contributed by atoms with van der Waals surface area (Å²) in [5, 5.41) is 9.26. The van der Waals surface area contributed by atoms with E-state index in [1.165, 1.54) is 0 Å². The molecular weight excluding hydrogens is 228 g/mol. The Hall–Kier alpha value is -1.57. The Morgan fingerprint density at radius 1 is 1.56 bits per heavy atom. The number of nitriles is 1. The van der Waals surface area contributed by atoms with Crippen molar-refractivity contribution in [3.8, 4) is 11.8 Å². The number of aryl methyl sites for hydroxylation is 1. The number of benzene rings is 1. The fourth-order valence-electron chi connectivity index (χ4n) is 2.22. The van der Waals surface area contributed by atoms with E-state index in [1.807, 2.05) is 18.2 Å². The Morgan fingerprint density at radius 3 is 2.72 bits per heavy atom. The molecule has 0 aromatic heterocycles. The molecule has 0 spiro atoms. The lowest BCUT2D eigenvalue weighted by Gasteiger charge is -2.40. The zero-order valence-corrected chi connectivity index (χ0v) is 10.8. The van der Waals surface area contributed by atoms with Gasteiger partial charge in [0.05, 0.1) is 32.4 Å². The highest BCUT2D eigenvalue weighted by molar-refractivity contribution is 5.39. The predicted octanol–water partition coefficient (Wildman–Crippen LogP) is 1.80. The first-order chi connectivity index (χ1) is 8.66. The summed E-state index contributed by atoms with van der Waals surface area (Å²) in [6.07, 6.45) is 0.875. The third-order valence-corrected chi connectivity index (χ3v) is 3.58. The fraction of sp³-hybridized carbons (Fsp3) is 0.500. The van der Waals surface area contributed by atoms with E-state index in [0.717, 1.165) is 23.3 Å². The van der Waals surface area contributed by atoms with Crippen molar-refractivity contribution in [2.45, 2.75) is 19.4 Å². The van der Waals surface area contributed by atoms with Gasteiger partial charge in [0.2, 0.25) is 0 Å². The molecule has 4 nitrogen and oxygen atoms in total. The molecule has 1 aromatic rings. The molecule has 1 aromatic carbocycles. The monoisotopic (exact) mass is 246 g/mol. The second kappa shape index (κ2) is 4.97. The molecule has 1 atom stereocenters. The van der Waals surface area contributed by atoms with Crippen molar-refractivity contribution in [2.75, 3.05) is 20.3 Å². The van der Waals surface area contributed by atoms with Gasteiger partial charge in [-0.3, -0.25) is 0 Å². The third-order valence-electron chi connectivity index (χ3n) is 3.58. The minimum Gasteiger partial charge on any atom is -0.496 e. The molecule has 0 amide bonds. The maximum Gasteiger partial charge on any atom is 0.123 e. The van der Waals surface area contributed by atoms with Crippen molar-refractivity contribution in [1.82, 2.24) is 0 Å². The van der Waals surface area contributed by atoms with Crippen LogP contribution in [0, 0.1) is 16.7 Å². The van der Waals surface area contributed by atoms with Crippen molar-refractivity contribution in [1.29, 1.82) is 5.26 Å². The topological polar surface area (TPSA) is 68.3 Å². The summed E-state index contributed by atoms with van der Waals surface area (Å²) in [6, 6.07) is 7.86. The zero-order valence-electron chi connectivity index (χ0n) is 10.8. The molecule has 0 saturated carbocycles. The van der Waals surface area contributed by atoms with Crippen molar-refractivity contribution >= 4 is 0 Å². The standard InChI is InChI=1S/C14H18N2O2/c1-3-10-6-11(4-5-12(10)17-2)13(16)14(7-15)8-18-9-14/h4-6,13H,3,8-9,16H2,1-2H3. The van der Waals surface area contributed by atoms with Gasteiger partial charge in [-0.1, -0.05) is 19.1 Å². The normalized spacial score (nSPS) is 18.6. The lowest BCUT2D eigenvalue weighted by atomic mass is 9.76. The van der Waals surface area contributed by atoms with Gasteiger partial charge in [0.15, 0.2) is 0 Å². The molecule has 1 aliphatic rings. The van der Waals surface area contributed by atoms with Crippen molar-refractivity contribution in [2.24, 2.45) is 11.1 Å². The first-order valence-electron chi connectivity index (χ1n) is 6.08. The van der Waals surface area contributed by atoms with E-state index in [2.05, 4.69) is 13.0 Å². The van der Waals surface area contributed by atoms with Crippen LogP contribution in [0.5, 0.6) is 5.75 Å². The molecule has 1 saturated heterocycles. The predicted molar refractivity (Wildman–Crippen MR) is 68.2 cm³/mol. The van der Waals surface area contributed by atoms with E-state index < -0.39 is 5.41 Å². The summed E-state index contributed by atoms with van der Waals surface area (Å²) in [5.41, 5.74) is 7.73. The molecule has 2 rings (SSSR count). The van der Waals surface area contributed by atoms with Gasteiger partial charge < -0.3 is 15.2 Å². The van der Waals surface area contributed by atoms with Crippen LogP contribution in [0.3, 0.4) is 0 Å². The zero-order chi connectivity index (χ0) is 13.2. The van der Waals surface area contributed by atoms with Crippen molar-refractivity contribution in [3.63, 3.8) is 0 Å². The average molecular weight is 246 g/mol. The van der Waals surface area contributed by atoms with E-state index in [1.54, 1.807) is 7.11 Å². The maximum atomic E-state index is 9.26. The average Bonchev–Trinajstić information content (AvgIpc) is 2.37. The minimum atomic E-state index is -0.570.